The first-order valence-electron chi connectivity index (χ1n) is 8.44. The van der Waals surface area contributed by atoms with E-state index < -0.39 is 17.0 Å². The lowest BCUT2D eigenvalue weighted by atomic mass is 9.78. The van der Waals surface area contributed by atoms with Crippen molar-refractivity contribution in [1.82, 2.24) is 0 Å². The zero-order valence-corrected chi connectivity index (χ0v) is 14.5. The summed E-state index contributed by atoms with van der Waals surface area (Å²) < 4.78 is 36.7. The van der Waals surface area contributed by atoms with E-state index in [1.54, 1.807) is 31.4 Å². The average molecular weight is 372 g/mol. The fraction of sp³-hybridized carbons (Fsp3) is 0.316. The molecule has 1 atom stereocenters. The van der Waals surface area contributed by atoms with Gasteiger partial charge in [0.15, 0.2) is 17.1 Å². The smallest absolute Gasteiger partial charge is 0.283 e. The van der Waals surface area contributed by atoms with Gasteiger partial charge in [0, 0.05) is 11.1 Å². The van der Waals surface area contributed by atoms with Crippen LogP contribution in [0.4, 0.5) is 4.39 Å². The maximum atomic E-state index is 15.0. The maximum Gasteiger partial charge on any atom is 0.283 e. The predicted octanol–water partition coefficient (Wildman–Crippen LogP) is 1.75. The number of fused-ring (bicyclic) bond motifs is 4. The fourth-order valence-corrected chi connectivity index (χ4v) is 3.75. The largest absolute Gasteiger partial charge is 0.497 e. The van der Waals surface area contributed by atoms with Crippen molar-refractivity contribution in [3.63, 3.8) is 0 Å². The molecule has 3 aliphatic heterocycles. The second-order valence-electron chi connectivity index (χ2n) is 6.92. The number of hydrogen-bond donors (Lipinski definition) is 2. The minimum atomic E-state index is -1.24. The molecule has 3 N–H and O–H groups in total. The van der Waals surface area contributed by atoms with E-state index in [1.807, 2.05) is 0 Å². The number of nitrogens with two attached hydrogens (primary N) is 1. The number of nitrogens with zero attached hydrogens (tertiary/aromatic N) is 1. The molecule has 1 spiro atoms. The van der Waals surface area contributed by atoms with Crippen LogP contribution in [0.2, 0.25) is 0 Å². The second kappa shape index (κ2) is 5.34. The van der Waals surface area contributed by atoms with Crippen LogP contribution in [-0.2, 0) is 20.6 Å². The minimum absolute atomic E-state index is 0.00752. The number of halogens is 1. The zero-order valence-electron chi connectivity index (χ0n) is 14.5. The van der Waals surface area contributed by atoms with E-state index in [1.165, 1.54) is 6.07 Å². The maximum absolute atomic E-state index is 15.0. The lowest BCUT2D eigenvalue weighted by Crippen LogP contribution is -2.47. The number of hydrogen-bond acceptors (Lipinski definition) is 7. The SMILES string of the molecule is COc1ccc2c(c1)[C@@]1(COC(N)=N1)c1cc(C3(O)COC3)cc(F)c1O2. The third-order valence-corrected chi connectivity index (χ3v) is 5.28. The van der Waals surface area contributed by atoms with E-state index in [9.17, 15) is 9.50 Å². The van der Waals surface area contributed by atoms with E-state index >= 15 is 0 Å². The Morgan fingerprint density at radius 1 is 1.19 bits per heavy atom. The van der Waals surface area contributed by atoms with Crippen LogP contribution in [0.15, 0.2) is 35.3 Å². The summed E-state index contributed by atoms with van der Waals surface area (Å²) in [6, 6.07) is 8.16. The van der Waals surface area contributed by atoms with Gasteiger partial charge in [0.05, 0.1) is 20.3 Å². The Labute approximate surface area is 154 Å². The van der Waals surface area contributed by atoms with E-state index in [-0.39, 0.29) is 31.6 Å². The Kier molecular flexibility index (Phi) is 3.23. The van der Waals surface area contributed by atoms with Crippen molar-refractivity contribution in [2.45, 2.75) is 11.1 Å². The number of aliphatic hydroxyl groups is 1. The Hall–Kier alpha value is -2.84. The molecule has 0 aromatic heterocycles. The van der Waals surface area contributed by atoms with Gasteiger partial charge in [-0.25, -0.2) is 9.38 Å². The second-order valence-corrected chi connectivity index (χ2v) is 6.92. The molecule has 2 aromatic rings. The molecule has 0 aliphatic carbocycles. The van der Waals surface area contributed by atoms with Crippen molar-refractivity contribution in [3.8, 4) is 17.2 Å². The summed E-state index contributed by atoms with van der Waals surface area (Å²) in [5.74, 6) is 0.498. The van der Waals surface area contributed by atoms with Gasteiger partial charge >= 0.3 is 0 Å². The monoisotopic (exact) mass is 372 g/mol. The molecule has 5 rings (SSSR count). The Bertz CT molecular complexity index is 988. The average Bonchev–Trinajstić information content (AvgIpc) is 3.03. The van der Waals surface area contributed by atoms with Gasteiger partial charge in [-0.05, 0) is 35.9 Å². The van der Waals surface area contributed by atoms with Crippen LogP contribution in [0.3, 0.4) is 0 Å². The van der Waals surface area contributed by atoms with Gasteiger partial charge in [0.1, 0.15) is 23.7 Å². The van der Waals surface area contributed by atoms with Crippen LogP contribution in [0.5, 0.6) is 17.2 Å². The van der Waals surface area contributed by atoms with Gasteiger partial charge < -0.3 is 29.8 Å². The first-order valence-corrected chi connectivity index (χ1v) is 8.44. The molecule has 0 amide bonds. The molecule has 7 nitrogen and oxygen atoms in total. The molecule has 3 heterocycles. The highest BCUT2D eigenvalue weighted by Crippen LogP contribution is 2.53. The highest BCUT2D eigenvalue weighted by molar-refractivity contribution is 5.77. The highest BCUT2D eigenvalue weighted by atomic mass is 19.1. The van der Waals surface area contributed by atoms with Gasteiger partial charge in [-0.1, -0.05) is 0 Å². The number of aliphatic imine (C=N–C) groups is 1. The van der Waals surface area contributed by atoms with Crippen molar-refractivity contribution in [2.75, 3.05) is 26.9 Å². The van der Waals surface area contributed by atoms with Crippen molar-refractivity contribution in [2.24, 2.45) is 10.7 Å². The molecule has 140 valence electrons. The van der Waals surface area contributed by atoms with Crippen molar-refractivity contribution in [1.29, 1.82) is 0 Å². The van der Waals surface area contributed by atoms with E-state index in [2.05, 4.69) is 4.99 Å². The normalized spacial score (nSPS) is 24.2. The lowest BCUT2D eigenvalue weighted by molar-refractivity contribution is -0.184. The number of methoxy groups -OCH3 is 1. The highest BCUT2D eigenvalue weighted by Gasteiger charge is 2.49. The van der Waals surface area contributed by atoms with Crippen LogP contribution >= 0.6 is 0 Å². The topological polar surface area (TPSA) is 95.5 Å². The summed E-state index contributed by atoms with van der Waals surface area (Å²) in [6.45, 7) is 0.296. The molecule has 0 bridgehead atoms. The zero-order chi connectivity index (χ0) is 18.8. The molecular formula is C19H17FN2O5. The van der Waals surface area contributed by atoms with Crippen LogP contribution in [0.1, 0.15) is 16.7 Å². The van der Waals surface area contributed by atoms with Gasteiger partial charge in [-0.2, -0.15) is 0 Å². The first-order chi connectivity index (χ1) is 12.9. The van der Waals surface area contributed by atoms with Crippen molar-refractivity contribution in [3.05, 3.63) is 52.8 Å². The third kappa shape index (κ3) is 2.17. The fourth-order valence-electron chi connectivity index (χ4n) is 3.75. The van der Waals surface area contributed by atoms with Crippen LogP contribution in [-0.4, -0.2) is 38.1 Å². The molecule has 2 aromatic carbocycles. The molecule has 8 heteroatoms. The number of ether oxygens (including phenoxy) is 4. The van der Waals surface area contributed by atoms with Gasteiger partial charge in [0.25, 0.3) is 6.02 Å². The lowest BCUT2D eigenvalue weighted by Gasteiger charge is -2.39. The standard InChI is InChI=1S/C19H17FN2O5/c1-24-11-2-3-15-12(6-11)19(9-26-17(21)22-19)13-4-10(18(23)7-25-8-18)5-14(20)16(13)27-15/h2-6,23H,7-9H2,1H3,(H2,21,22)/t19-/m0/s1. The quantitative estimate of drug-likeness (QED) is 0.834. The summed E-state index contributed by atoms with van der Waals surface area (Å²) in [4.78, 5) is 4.50. The van der Waals surface area contributed by atoms with Crippen molar-refractivity contribution < 1.29 is 28.4 Å². The Morgan fingerprint density at radius 2 is 2.00 bits per heavy atom. The minimum Gasteiger partial charge on any atom is -0.497 e. The van der Waals surface area contributed by atoms with Gasteiger partial charge in [-0.15, -0.1) is 0 Å². The summed E-state index contributed by atoms with van der Waals surface area (Å²) in [5, 5.41) is 10.6. The third-order valence-electron chi connectivity index (χ3n) is 5.28. The molecule has 0 saturated carbocycles. The number of benzene rings is 2. The Morgan fingerprint density at radius 3 is 2.63 bits per heavy atom. The van der Waals surface area contributed by atoms with Gasteiger partial charge in [-0.3, -0.25) is 0 Å². The number of amidine groups is 1. The molecule has 1 fully saturated rings. The molecule has 27 heavy (non-hydrogen) atoms. The van der Waals surface area contributed by atoms with E-state index in [4.69, 9.17) is 24.7 Å². The van der Waals surface area contributed by atoms with Gasteiger partial charge in [0.2, 0.25) is 0 Å². The summed E-state index contributed by atoms with van der Waals surface area (Å²) >= 11 is 0. The van der Waals surface area contributed by atoms with Crippen LogP contribution in [0.25, 0.3) is 0 Å². The Balaban J connectivity index is 1.77. The molecule has 3 aliphatic rings. The number of rotatable bonds is 2. The summed E-state index contributed by atoms with van der Waals surface area (Å²) in [7, 11) is 1.55. The van der Waals surface area contributed by atoms with Crippen LogP contribution in [0, 0.1) is 5.82 Å². The van der Waals surface area contributed by atoms with Crippen LogP contribution < -0.4 is 15.2 Å². The first kappa shape index (κ1) is 16.3. The summed E-state index contributed by atoms with van der Waals surface area (Å²) in [5.41, 5.74) is 5.00. The van der Waals surface area contributed by atoms with E-state index in [0.717, 1.165) is 0 Å². The van der Waals surface area contributed by atoms with Crippen molar-refractivity contribution >= 4 is 6.02 Å². The predicted molar refractivity (Wildman–Crippen MR) is 92.5 cm³/mol. The molecule has 0 radical (unpaired) electrons. The molecular weight excluding hydrogens is 355 g/mol. The summed E-state index contributed by atoms with van der Waals surface area (Å²) in [6.07, 6.45) is 0. The molecule has 0 unspecified atom stereocenters. The molecule has 1 saturated heterocycles. The van der Waals surface area contributed by atoms with E-state index in [0.29, 0.717) is 28.2 Å².